The SMILES string of the molecule is CCOC(=O)C1=C(C)Nc2nc3ccccc3n2[C@@H]1c1ccco1. The summed E-state index contributed by atoms with van der Waals surface area (Å²) in [4.78, 5) is 17.2. The second kappa shape index (κ2) is 5.56. The van der Waals surface area contributed by atoms with Crippen LogP contribution < -0.4 is 5.32 Å². The molecule has 1 atom stereocenters. The van der Waals surface area contributed by atoms with E-state index in [4.69, 9.17) is 9.15 Å². The van der Waals surface area contributed by atoms with Crippen molar-refractivity contribution in [3.8, 4) is 0 Å². The van der Waals surface area contributed by atoms with E-state index in [0.717, 1.165) is 16.7 Å². The standard InChI is InChI=1S/C18H17N3O3/c1-3-23-17(22)15-11(2)19-18-20-12-7-4-5-8-13(12)21(18)16(15)14-9-6-10-24-14/h4-10,16H,3H2,1-2H3,(H,19,20)/t16-/m1/s1. The van der Waals surface area contributed by atoms with Gasteiger partial charge in [-0.05, 0) is 38.1 Å². The number of ether oxygens (including phenoxy) is 1. The summed E-state index contributed by atoms with van der Waals surface area (Å²) in [6, 6.07) is 11.1. The third kappa shape index (κ3) is 2.11. The van der Waals surface area contributed by atoms with Gasteiger partial charge in [-0.3, -0.25) is 4.57 Å². The highest BCUT2D eigenvalue weighted by atomic mass is 16.5. The van der Waals surface area contributed by atoms with Gasteiger partial charge in [0.25, 0.3) is 0 Å². The number of aromatic nitrogens is 2. The maximum absolute atomic E-state index is 12.6. The summed E-state index contributed by atoms with van der Waals surface area (Å²) in [6.07, 6.45) is 1.61. The minimum absolute atomic E-state index is 0.317. The van der Waals surface area contributed by atoms with Crippen LogP contribution in [0, 0.1) is 0 Å². The Labute approximate surface area is 138 Å². The van der Waals surface area contributed by atoms with Gasteiger partial charge in [0.1, 0.15) is 11.8 Å². The molecule has 1 aromatic carbocycles. The molecule has 1 aliphatic rings. The lowest BCUT2D eigenvalue weighted by Crippen LogP contribution is -2.28. The number of furan rings is 1. The molecule has 0 unspecified atom stereocenters. The summed E-state index contributed by atoms with van der Waals surface area (Å²) < 4.78 is 12.9. The number of imidazole rings is 1. The van der Waals surface area contributed by atoms with Gasteiger partial charge in [-0.2, -0.15) is 0 Å². The second-order valence-corrected chi connectivity index (χ2v) is 5.60. The quantitative estimate of drug-likeness (QED) is 0.747. The highest BCUT2D eigenvalue weighted by Crippen LogP contribution is 2.39. The molecule has 3 aromatic rings. The Balaban J connectivity index is 1.97. The molecule has 0 amide bonds. The van der Waals surface area contributed by atoms with Crippen LogP contribution in [0.2, 0.25) is 0 Å². The molecule has 0 saturated carbocycles. The number of hydrogen-bond donors (Lipinski definition) is 1. The van der Waals surface area contributed by atoms with E-state index in [1.165, 1.54) is 0 Å². The molecule has 0 spiro atoms. The number of fused-ring (bicyclic) bond motifs is 3. The van der Waals surface area contributed by atoms with Crippen molar-refractivity contribution in [2.45, 2.75) is 19.9 Å². The van der Waals surface area contributed by atoms with E-state index in [1.54, 1.807) is 13.2 Å². The van der Waals surface area contributed by atoms with Crippen LogP contribution >= 0.6 is 0 Å². The van der Waals surface area contributed by atoms with Crippen LogP contribution in [0.1, 0.15) is 25.6 Å². The van der Waals surface area contributed by atoms with Crippen LogP contribution in [0.15, 0.2) is 58.3 Å². The zero-order chi connectivity index (χ0) is 16.7. The van der Waals surface area contributed by atoms with Crippen molar-refractivity contribution in [3.05, 3.63) is 59.7 Å². The van der Waals surface area contributed by atoms with Gasteiger partial charge in [-0.25, -0.2) is 9.78 Å². The van der Waals surface area contributed by atoms with Crippen LogP contribution in [0.4, 0.5) is 5.95 Å². The van der Waals surface area contributed by atoms with Gasteiger partial charge >= 0.3 is 5.97 Å². The number of carbonyl (C=O) groups is 1. The van der Waals surface area contributed by atoms with Crippen LogP contribution in [0.5, 0.6) is 0 Å². The molecule has 1 N–H and O–H groups in total. The lowest BCUT2D eigenvalue weighted by Gasteiger charge is -2.28. The molecular formula is C18H17N3O3. The highest BCUT2D eigenvalue weighted by molar-refractivity contribution is 5.93. The largest absolute Gasteiger partial charge is 0.467 e. The molecule has 0 saturated heterocycles. The predicted octanol–water partition coefficient (Wildman–Crippen LogP) is 3.48. The fourth-order valence-corrected chi connectivity index (χ4v) is 3.15. The Kier molecular flexibility index (Phi) is 3.37. The molecule has 0 bridgehead atoms. The van der Waals surface area contributed by atoms with E-state index in [9.17, 15) is 4.79 Å². The Morgan fingerprint density at radius 3 is 2.92 bits per heavy atom. The summed E-state index contributed by atoms with van der Waals surface area (Å²) in [5, 5.41) is 3.22. The summed E-state index contributed by atoms with van der Waals surface area (Å²) >= 11 is 0. The van der Waals surface area contributed by atoms with Crippen molar-refractivity contribution in [1.82, 2.24) is 9.55 Å². The molecule has 4 rings (SSSR count). The first-order chi connectivity index (χ1) is 11.7. The minimum atomic E-state index is -0.414. The molecule has 24 heavy (non-hydrogen) atoms. The molecule has 0 aliphatic carbocycles. The third-order valence-electron chi connectivity index (χ3n) is 4.14. The topological polar surface area (TPSA) is 69.3 Å². The first kappa shape index (κ1) is 14.6. The Hall–Kier alpha value is -3.02. The van der Waals surface area contributed by atoms with E-state index >= 15 is 0 Å². The second-order valence-electron chi connectivity index (χ2n) is 5.60. The number of para-hydroxylation sites is 2. The minimum Gasteiger partial charge on any atom is -0.467 e. The lowest BCUT2D eigenvalue weighted by atomic mass is 10.0. The molecular weight excluding hydrogens is 306 g/mol. The molecule has 6 heteroatoms. The number of benzene rings is 1. The van der Waals surface area contributed by atoms with Crippen molar-refractivity contribution < 1.29 is 13.9 Å². The molecule has 122 valence electrons. The van der Waals surface area contributed by atoms with E-state index in [0.29, 0.717) is 23.9 Å². The molecule has 0 radical (unpaired) electrons. The first-order valence-corrected chi connectivity index (χ1v) is 7.86. The van der Waals surface area contributed by atoms with Gasteiger partial charge in [0.2, 0.25) is 5.95 Å². The Morgan fingerprint density at radius 2 is 2.17 bits per heavy atom. The maximum Gasteiger partial charge on any atom is 0.338 e. The van der Waals surface area contributed by atoms with E-state index in [2.05, 4.69) is 10.3 Å². The number of carbonyl (C=O) groups excluding carboxylic acids is 1. The molecule has 0 fully saturated rings. The number of nitrogens with zero attached hydrogens (tertiary/aromatic N) is 2. The Morgan fingerprint density at radius 1 is 1.33 bits per heavy atom. The van der Waals surface area contributed by atoms with Crippen molar-refractivity contribution in [2.24, 2.45) is 0 Å². The van der Waals surface area contributed by atoms with Gasteiger partial charge in [0.05, 0.1) is 29.5 Å². The first-order valence-electron chi connectivity index (χ1n) is 7.86. The normalized spacial score (nSPS) is 16.8. The zero-order valence-electron chi connectivity index (χ0n) is 13.4. The third-order valence-corrected chi connectivity index (χ3v) is 4.14. The monoisotopic (exact) mass is 323 g/mol. The number of nitrogens with one attached hydrogen (secondary N) is 1. The fourth-order valence-electron chi connectivity index (χ4n) is 3.15. The highest BCUT2D eigenvalue weighted by Gasteiger charge is 2.36. The average Bonchev–Trinajstić information content (AvgIpc) is 3.21. The molecule has 1 aliphatic heterocycles. The summed E-state index contributed by atoms with van der Waals surface area (Å²) in [6.45, 7) is 3.97. The van der Waals surface area contributed by atoms with E-state index in [1.807, 2.05) is 47.9 Å². The maximum atomic E-state index is 12.6. The van der Waals surface area contributed by atoms with Gasteiger partial charge in [0, 0.05) is 5.70 Å². The number of hydrogen-bond acceptors (Lipinski definition) is 5. The molecule has 6 nitrogen and oxygen atoms in total. The van der Waals surface area contributed by atoms with E-state index < -0.39 is 6.04 Å². The number of esters is 1. The van der Waals surface area contributed by atoms with E-state index in [-0.39, 0.29) is 5.97 Å². The van der Waals surface area contributed by atoms with Gasteiger partial charge < -0.3 is 14.5 Å². The number of allylic oxidation sites excluding steroid dienone is 1. The van der Waals surface area contributed by atoms with Crippen LogP contribution in [-0.4, -0.2) is 22.1 Å². The summed E-state index contributed by atoms with van der Waals surface area (Å²) in [7, 11) is 0. The van der Waals surface area contributed by atoms with Gasteiger partial charge in [0.15, 0.2) is 0 Å². The molecule has 2 aromatic heterocycles. The van der Waals surface area contributed by atoms with Crippen LogP contribution in [0.3, 0.4) is 0 Å². The van der Waals surface area contributed by atoms with Gasteiger partial charge in [-0.1, -0.05) is 12.1 Å². The predicted molar refractivity (Wildman–Crippen MR) is 89.5 cm³/mol. The number of anilines is 1. The Bertz CT molecular complexity index is 938. The van der Waals surface area contributed by atoms with Crippen LogP contribution in [0.25, 0.3) is 11.0 Å². The average molecular weight is 323 g/mol. The smallest absolute Gasteiger partial charge is 0.338 e. The zero-order valence-corrected chi connectivity index (χ0v) is 13.4. The van der Waals surface area contributed by atoms with Gasteiger partial charge in [-0.15, -0.1) is 0 Å². The fraction of sp³-hybridized carbons (Fsp3) is 0.222. The summed E-state index contributed by atoms with van der Waals surface area (Å²) in [5.74, 6) is 0.999. The van der Waals surface area contributed by atoms with Crippen LogP contribution in [-0.2, 0) is 9.53 Å². The summed E-state index contributed by atoms with van der Waals surface area (Å²) in [5.41, 5.74) is 3.03. The van der Waals surface area contributed by atoms with Crippen molar-refractivity contribution in [3.63, 3.8) is 0 Å². The number of rotatable bonds is 3. The molecule has 3 heterocycles. The van der Waals surface area contributed by atoms with Crippen molar-refractivity contribution in [2.75, 3.05) is 11.9 Å². The van der Waals surface area contributed by atoms with Crippen molar-refractivity contribution in [1.29, 1.82) is 0 Å². The lowest BCUT2D eigenvalue weighted by molar-refractivity contribution is -0.139. The van der Waals surface area contributed by atoms with Crippen molar-refractivity contribution >= 4 is 23.0 Å².